The molecular weight excluding hydrogens is 361 g/mol. The number of halogens is 3. The molecule has 140 valence electrons. The zero-order chi connectivity index (χ0) is 19.4. The molecule has 0 saturated carbocycles. The lowest BCUT2D eigenvalue weighted by Gasteiger charge is -2.23. The van der Waals surface area contributed by atoms with Gasteiger partial charge in [0.2, 0.25) is 10.0 Å². The van der Waals surface area contributed by atoms with E-state index in [-0.39, 0.29) is 22.8 Å². The molecule has 1 amide bonds. The van der Waals surface area contributed by atoms with Crippen LogP contribution in [0.3, 0.4) is 0 Å². The second kappa shape index (κ2) is 7.87. The first-order chi connectivity index (χ1) is 11.4. The summed E-state index contributed by atoms with van der Waals surface area (Å²) in [5.41, 5.74) is -0.202. The zero-order valence-corrected chi connectivity index (χ0v) is 14.8. The third kappa shape index (κ3) is 5.20. The van der Waals surface area contributed by atoms with E-state index in [9.17, 15) is 26.4 Å². The third-order valence-corrected chi connectivity index (χ3v) is 5.01. The lowest BCUT2D eigenvalue weighted by Crippen LogP contribution is -2.39. The number of alkyl halides is 3. The number of sulfonamides is 1. The maximum Gasteiger partial charge on any atom is 0.406 e. The maximum absolute atomic E-state index is 12.6. The number of nitrogens with zero attached hydrogens (tertiary/aromatic N) is 2. The van der Waals surface area contributed by atoms with Crippen molar-refractivity contribution in [1.29, 1.82) is 0 Å². The van der Waals surface area contributed by atoms with E-state index in [1.165, 1.54) is 33.3 Å². The Morgan fingerprint density at radius 2 is 1.92 bits per heavy atom. The van der Waals surface area contributed by atoms with Crippen LogP contribution in [0.4, 0.5) is 13.2 Å². The molecule has 0 aliphatic rings. The predicted octanol–water partition coefficient (Wildman–Crippen LogP) is 2.14. The number of carbonyl (C=O) groups is 1. The van der Waals surface area contributed by atoms with E-state index in [4.69, 9.17) is 4.74 Å². The van der Waals surface area contributed by atoms with Crippen LogP contribution >= 0.6 is 0 Å². The number of methoxy groups -OCH3 is 1. The van der Waals surface area contributed by atoms with Gasteiger partial charge in [-0.25, -0.2) is 12.7 Å². The standard InChI is InChI=1S/C15H19F3N2O4S/c1-5-8-20(10-15(16,17)18)14(21)11-6-7-12(24-4)13(9-11)25(22,23)19(2)3/h5-7,9H,1,8,10H2,2-4H3. The molecule has 1 aromatic rings. The number of hydrogen-bond donors (Lipinski definition) is 0. The summed E-state index contributed by atoms with van der Waals surface area (Å²) in [6, 6.07) is 3.44. The first-order valence-electron chi connectivity index (χ1n) is 7.01. The smallest absolute Gasteiger partial charge is 0.406 e. The summed E-state index contributed by atoms with van der Waals surface area (Å²) in [7, 11) is -0.127. The molecule has 0 N–H and O–H groups in total. The van der Waals surface area contributed by atoms with Crippen molar-refractivity contribution >= 4 is 15.9 Å². The molecule has 0 aliphatic heterocycles. The van der Waals surface area contributed by atoms with E-state index in [1.807, 2.05) is 0 Å². The van der Waals surface area contributed by atoms with E-state index < -0.39 is 28.7 Å². The molecular formula is C15H19F3N2O4S. The van der Waals surface area contributed by atoms with Gasteiger partial charge >= 0.3 is 6.18 Å². The van der Waals surface area contributed by atoms with Crippen molar-refractivity contribution in [3.63, 3.8) is 0 Å². The summed E-state index contributed by atoms with van der Waals surface area (Å²) in [6.07, 6.45) is -3.44. The number of amides is 1. The van der Waals surface area contributed by atoms with Crippen molar-refractivity contribution in [3.8, 4) is 5.75 Å². The highest BCUT2D eigenvalue weighted by molar-refractivity contribution is 7.89. The van der Waals surface area contributed by atoms with Gasteiger partial charge in [-0.2, -0.15) is 13.2 Å². The van der Waals surface area contributed by atoms with Gasteiger partial charge in [0.25, 0.3) is 5.91 Å². The van der Waals surface area contributed by atoms with E-state index in [0.29, 0.717) is 4.90 Å². The van der Waals surface area contributed by atoms with E-state index in [0.717, 1.165) is 16.4 Å². The Balaban J connectivity index is 3.37. The van der Waals surface area contributed by atoms with Crippen molar-refractivity contribution in [2.75, 3.05) is 34.3 Å². The van der Waals surface area contributed by atoms with Crippen LogP contribution in [0, 0.1) is 0 Å². The summed E-state index contributed by atoms with van der Waals surface area (Å²) >= 11 is 0. The fourth-order valence-corrected chi connectivity index (χ4v) is 3.06. The minimum atomic E-state index is -4.59. The molecule has 1 aromatic carbocycles. The first kappa shape index (κ1) is 21.0. The highest BCUT2D eigenvalue weighted by Gasteiger charge is 2.33. The summed E-state index contributed by atoms with van der Waals surface area (Å²) in [5, 5.41) is 0. The average Bonchev–Trinajstić information content (AvgIpc) is 2.51. The van der Waals surface area contributed by atoms with Crippen LogP contribution in [0.25, 0.3) is 0 Å². The number of carbonyl (C=O) groups excluding carboxylic acids is 1. The van der Waals surface area contributed by atoms with Crippen LogP contribution in [0.15, 0.2) is 35.7 Å². The molecule has 0 unspecified atom stereocenters. The van der Waals surface area contributed by atoms with Crippen molar-refractivity contribution in [2.24, 2.45) is 0 Å². The Bertz CT molecular complexity index is 746. The van der Waals surface area contributed by atoms with Crippen LogP contribution in [0.1, 0.15) is 10.4 Å². The number of hydrogen-bond acceptors (Lipinski definition) is 4. The van der Waals surface area contributed by atoms with E-state index in [1.54, 1.807) is 0 Å². The highest BCUT2D eigenvalue weighted by Crippen LogP contribution is 2.28. The Morgan fingerprint density at radius 3 is 2.36 bits per heavy atom. The van der Waals surface area contributed by atoms with Gasteiger partial charge < -0.3 is 9.64 Å². The molecule has 6 nitrogen and oxygen atoms in total. The average molecular weight is 380 g/mol. The fourth-order valence-electron chi connectivity index (χ4n) is 1.98. The van der Waals surface area contributed by atoms with E-state index in [2.05, 4.69) is 6.58 Å². The third-order valence-electron chi connectivity index (χ3n) is 3.18. The molecule has 0 atom stereocenters. The van der Waals surface area contributed by atoms with Gasteiger partial charge in [-0.1, -0.05) is 6.08 Å². The molecule has 0 saturated heterocycles. The normalized spacial score (nSPS) is 12.1. The van der Waals surface area contributed by atoms with Gasteiger partial charge in [-0.15, -0.1) is 6.58 Å². The van der Waals surface area contributed by atoms with Crippen molar-refractivity contribution < 1.29 is 31.1 Å². The van der Waals surface area contributed by atoms with Crippen LogP contribution < -0.4 is 4.74 Å². The van der Waals surface area contributed by atoms with Gasteiger partial charge in [-0.05, 0) is 18.2 Å². The fraction of sp³-hybridized carbons (Fsp3) is 0.400. The van der Waals surface area contributed by atoms with Crippen molar-refractivity contribution in [2.45, 2.75) is 11.1 Å². The largest absolute Gasteiger partial charge is 0.495 e. The SMILES string of the molecule is C=CCN(CC(F)(F)F)C(=O)c1ccc(OC)c(S(=O)(=O)N(C)C)c1. The second-order valence-corrected chi connectivity index (χ2v) is 7.36. The van der Waals surface area contributed by atoms with Gasteiger partial charge in [0.15, 0.2) is 0 Å². The van der Waals surface area contributed by atoms with Crippen LogP contribution in [-0.2, 0) is 10.0 Å². The molecule has 10 heteroatoms. The number of ether oxygens (including phenoxy) is 1. The Hall–Kier alpha value is -2.07. The lowest BCUT2D eigenvalue weighted by molar-refractivity contribution is -0.139. The molecule has 0 aromatic heterocycles. The molecule has 25 heavy (non-hydrogen) atoms. The van der Waals surface area contributed by atoms with Crippen molar-refractivity contribution in [1.82, 2.24) is 9.21 Å². The molecule has 0 heterocycles. The summed E-state index contributed by atoms with van der Waals surface area (Å²) in [5.74, 6) is -0.980. The number of rotatable bonds is 7. The lowest BCUT2D eigenvalue weighted by atomic mass is 10.2. The van der Waals surface area contributed by atoms with E-state index >= 15 is 0 Å². The van der Waals surface area contributed by atoms with Gasteiger partial charge in [-0.3, -0.25) is 4.79 Å². The van der Waals surface area contributed by atoms with Gasteiger partial charge in [0.1, 0.15) is 17.2 Å². The second-order valence-electron chi connectivity index (χ2n) is 5.24. The molecule has 0 aliphatic carbocycles. The number of benzene rings is 1. The Labute approximate surface area is 144 Å². The summed E-state index contributed by atoms with van der Waals surface area (Å²) in [4.78, 5) is 12.6. The minimum absolute atomic E-state index is 0.0173. The molecule has 0 spiro atoms. The molecule has 0 radical (unpaired) electrons. The quantitative estimate of drug-likeness (QED) is 0.680. The maximum atomic E-state index is 12.6. The first-order valence-corrected chi connectivity index (χ1v) is 8.45. The van der Waals surface area contributed by atoms with Crippen LogP contribution in [0.2, 0.25) is 0 Å². The molecule has 0 bridgehead atoms. The minimum Gasteiger partial charge on any atom is -0.495 e. The predicted molar refractivity (Wildman–Crippen MR) is 86.0 cm³/mol. The Kier molecular flexibility index (Phi) is 6.61. The molecule has 1 rings (SSSR count). The summed E-state index contributed by atoms with van der Waals surface area (Å²) < 4.78 is 68.5. The van der Waals surface area contributed by atoms with Gasteiger partial charge in [0.05, 0.1) is 7.11 Å². The topological polar surface area (TPSA) is 66.9 Å². The van der Waals surface area contributed by atoms with Crippen LogP contribution in [-0.4, -0.2) is 64.0 Å². The zero-order valence-electron chi connectivity index (χ0n) is 14.0. The monoisotopic (exact) mass is 380 g/mol. The van der Waals surface area contributed by atoms with Crippen molar-refractivity contribution in [3.05, 3.63) is 36.4 Å². The van der Waals surface area contributed by atoms with Gasteiger partial charge in [0, 0.05) is 26.2 Å². The summed E-state index contributed by atoms with van der Waals surface area (Å²) in [6.45, 7) is 1.52. The highest BCUT2D eigenvalue weighted by atomic mass is 32.2. The Morgan fingerprint density at radius 1 is 1.32 bits per heavy atom. The molecule has 0 fully saturated rings. The van der Waals surface area contributed by atoms with Crippen LogP contribution in [0.5, 0.6) is 5.75 Å².